The van der Waals surface area contributed by atoms with Crippen molar-refractivity contribution in [1.82, 2.24) is 19.7 Å². The van der Waals surface area contributed by atoms with Crippen LogP contribution in [0.2, 0.25) is 0 Å². The highest BCUT2D eigenvalue weighted by molar-refractivity contribution is 6.30. The normalized spacial score (nSPS) is 12.0. The quantitative estimate of drug-likeness (QED) is 0.686. The summed E-state index contributed by atoms with van der Waals surface area (Å²) in [6.07, 6.45) is 5.01. The molecule has 122 valence electrons. The van der Waals surface area contributed by atoms with Crippen molar-refractivity contribution >= 4 is 23.2 Å². The number of hydrogen-bond acceptors (Lipinski definition) is 6. The maximum absolute atomic E-state index is 12.2. The van der Waals surface area contributed by atoms with E-state index in [1.807, 2.05) is 36.5 Å². The van der Waals surface area contributed by atoms with Gasteiger partial charge in [-0.05, 0) is 25.1 Å². The molecule has 0 N–H and O–H groups in total. The second-order valence-corrected chi connectivity index (χ2v) is 5.24. The molecule has 3 aromatic rings. The molecular weight excluding hydrogens is 318 g/mol. The van der Waals surface area contributed by atoms with Crippen LogP contribution < -0.4 is 0 Å². The Morgan fingerprint density at radius 2 is 2.08 bits per heavy atom. The van der Waals surface area contributed by atoms with Gasteiger partial charge in [0.15, 0.2) is 5.82 Å². The van der Waals surface area contributed by atoms with E-state index in [-0.39, 0.29) is 12.2 Å². The third-order valence-corrected chi connectivity index (χ3v) is 3.74. The van der Waals surface area contributed by atoms with Gasteiger partial charge in [-0.25, -0.2) is 19.4 Å². The molecule has 1 aromatic carbocycles. The van der Waals surface area contributed by atoms with Crippen LogP contribution in [0, 0.1) is 0 Å². The minimum Gasteiger partial charge on any atom is -0.462 e. The Morgan fingerprint density at radius 3 is 2.80 bits per heavy atom. The van der Waals surface area contributed by atoms with Crippen molar-refractivity contribution in [2.45, 2.75) is 6.92 Å². The first kappa shape index (κ1) is 15.0. The number of fused-ring (bicyclic) bond motifs is 1. The summed E-state index contributed by atoms with van der Waals surface area (Å²) in [5.74, 6) is 2.64. The molecule has 0 unspecified atom stereocenters. The second-order valence-electron chi connectivity index (χ2n) is 5.24. The number of aromatic nitrogens is 4. The molecule has 0 atom stereocenters. The summed E-state index contributed by atoms with van der Waals surface area (Å²) in [6.45, 7) is 2.03. The number of esters is 1. The summed E-state index contributed by atoms with van der Waals surface area (Å²) in [4.78, 5) is 24.7. The Labute approximate surface area is 143 Å². The predicted molar refractivity (Wildman–Crippen MR) is 91.7 cm³/mol. The highest BCUT2D eigenvalue weighted by atomic mass is 16.5. The summed E-state index contributed by atoms with van der Waals surface area (Å²) >= 11 is 0. The molecule has 0 spiro atoms. The molecule has 25 heavy (non-hydrogen) atoms. The average Bonchev–Trinajstić information content (AvgIpc) is 3.32. The summed E-state index contributed by atoms with van der Waals surface area (Å²) in [5.41, 5.74) is 3.19. The number of aliphatic imine (C=N–C) groups is 1. The Kier molecular flexibility index (Phi) is 3.68. The van der Waals surface area contributed by atoms with E-state index in [1.165, 1.54) is 6.33 Å². The van der Waals surface area contributed by atoms with Gasteiger partial charge in [0, 0.05) is 23.8 Å². The molecule has 4 rings (SSSR count). The summed E-state index contributed by atoms with van der Waals surface area (Å²) in [6, 6.07) is 9.56. The molecule has 3 heterocycles. The van der Waals surface area contributed by atoms with Gasteiger partial charge in [0.1, 0.15) is 11.9 Å². The molecule has 0 aliphatic carbocycles. The minimum atomic E-state index is -0.478. The van der Waals surface area contributed by atoms with E-state index in [0.717, 1.165) is 11.3 Å². The van der Waals surface area contributed by atoms with Crippen molar-refractivity contribution in [2.75, 3.05) is 6.61 Å². The maximum atomic E-state index is 12.2. The molecule has 0 fully saturated rings. The smallest absolute Gasteiger partial charge is 0.348 e. The van der Waals surface area contributed by atoms with Gasteiger partial charge in [0.25, 0.3) is 0 Å². The Hall–Kier alpha value is -3.57. The zero-order chi connectivity index (χ0) is 17.2. The fourth-order valence-corrected chi connectivity index (χ4v) is 2.62. The van der Waals surface area contributed by atoms with Crippen LogP contribution in [-0.2, 0) is 9.53 Å². The molecule has 7 heteroatoms. The zero-order valence-electron chi connectivity index (χ0n) is 13.4. The first-order valence-corrected chi connectivity index (χ1v) is 7.74. The molecule has 0 saturated carbocycles. The molecule has 0 bridgehead atoms. The molecule has 0 saturated heterocycles. The third kappa shape index (κ3) is 2.62. The van der Waals surface area contributed by atoms with Crippen molar-refractivity contribution in [3.8, 4) is 16.9 Å². The first-order valence-electron chi connectivity index (χ1n) is 7.74. The standard InChI is InChI=1S/C18H13N5O2/c1-2-25-18(24)14-10-19-17-15(14)16(20-11-21-17)12-4-6-13(7-5-12)23-9-3-8-22-23/h3-9,11H,2H2,1H3. The molecule has 2 aromatic heterocycles. The summed E-state index contributed by atoms with van der Waals surface area (Å²) in [5, 5.41) is 4.20. The van der Waals surface area contributed by atoms with E-state index >= 15 is 0 Å². The highest BCUT2D eigenvalue weighted by Gasteiger charge is 2.26. The van der Waals surface area contributed by atoms with E-state index in [4.69, 9.17) is 4.74 Å². The average molecular weight is 331 g/mol. The first-order chi connectivity index (χ1) is 12.3. The molecule has 0 amide bonds. The van der Waals surface area contributed by atoms with Gasteiger partial charge in [-0.2, -0.15) is 10.1 Å². The largest absolute Gasteiger partial charge is 0.462 e. The third-order valence-electron chi connectivity index (χ3n) is 3.74. The minimum absolute atomic E-state index is 0.253. The second kappa shape index (κ2) is 6.14. The van der Waals surface area contributed by atoms with Crippen LogP contribution >= 0.6 is 0 Å². The summed E-state index contributed by atoms with van der Waals surface area (Å²) in [7, 11) is 0. The van der Waals surface area contributed by atoms with Crippen LogP contribution in [0.1, 0.15) is 12.5 Å². The van der Waals surface area contributed by atoms with E-state index in [2.05, 4.69) is 25.9 Å². The van der Waals surface area contributed by atoms with Gasteiger partial charge in [0.05, 0.1) is 23.6 Å². The van der Waals surface area contributed by atoms with E-state index in [9.17, 15) is 4.79 Å². The lowest BCUT2D eigenvalue weighted by Crippen LogP contribution is -2.08. The van der Waals surface area contributed by atoms with Crippen LogP contribution in [-0.4, -0.2) is 38.2 Å². The van der Waals surface area contributed by atoms with Crippen LogP contribution in [0.4, 0.5) is 5.82 Å². The van der Waals surface area contributed by atoms with E-state index in [1.54, 1.807) is 17.8 Å². The lowest BCUT2D eigenvalue weighted by atomic mass is 10.0. The fraction of sp³-hybridized carbons (Fsp3) is 0.111. The van der Waals surface area contributed by atoms with Crippen molar-refractivity contribution in [1.29, 1.82) is 0 Å². The van der Waals surface area contributed by atoms with Crippen molar-refractivity contribution in [3.63, 3.8) is 0 Å². The van der Waals surface area contributed by atoms with Crippen molar-refractivity contribution in [2.24, 2.45) is 4.99 Å². The van der Waals surface area contributed by atoms with Gasteiger partial charge < -0.3 is 4.74 Å². The SMILES string of the molecule is CCOC(=O)C1=C=Nc2ncnc(-c3ccc(-n4cccn4)cc3)c21. The molecule has 1 aliphatic heterocycles. The van der Waals surface area contributed by atoms with Gasteiger partial charge in [-0.1, -0.05) is 12.1 Å². The van der Waals surface area contributed by atoms with Gasteiger partial charge in [-0.15, -0.1) is 0 Å². The monoisotopic (exact) mass is 331 g/mol. The molecule has 0 radical (unpaired) electrons. The molecule has 1 aliphatic rings. The van der Waals surface area contributed by atoms with Gasteiger partial charge >= 0.3 is 5.97 Å². The van der Waals surface area contributed by atoms with Crippen molar-refractivity contribution in [3.05, 3.63) is 54.6 Å². The predicted octanol–water partition coefficient (Wildman–Crippen LogP) is 2.59. The number of rotatable bonds is 4. The maximum Gasteiger partial charge on any atom is 0.348 e. The number of benzene rings is 1. The highest BCUT2D eigenvalue weighted by Crippen LogP contribution is 2.35. The number of hydrogen-bond donors (Lipinski definition) is 0. The Balaban J connectivity index is 1.75. The van der Waals surface area contributed by atoms with Gasteiger partial charge in [0.2, 0.25) is 0 Å². The number of nitrogens with zero attached hydrogens (tertiary/aromatic N) is 5. The van der Waals surface area contributed by atoms with E-state index in [0.29, 0.717) is 17.1 Å². The number of ether oxygens (including phenoxy) is 1. The van der Waals surface area contributed by atoms with Crippen LogP contribution in [0.25, 0.3) is 22.5 Å². The number of carbonyl (C=O) groups excluding carboxylic acids is 1. The lowest BCUT2D eigenvalue weighted by molar-refractivity contribution is -0.135. The Bertz CT molecular complexity index is 1000. The van der Waals surface area contributed by atoms with Crippen molar-refractivity contribution < 1.29 is 9.53 Å². The fourth-order valence-electron chi connectivity index (χ4n) is 2.62. The van der Waals surface area contributed by atoms with Crippen LogP contribution in [0.15, 0.2) is 54.0 Å². The molecule has 7 nitrogen and oxygen atoms in total. The lowest BCUT2D eigenvalue weighted by Gasteiger charge is -2.09. The zero-order valence-corrected chi connectivity index (χ0v) is 13.4. The summed E-state index contributed by atoms with van der Waals surface area (Å²) < 4.78 is 6.84. The van der Waals surface area contributed by atoms with E-state index < -0.39 is 5.97 Å². The molecular formula is C18H13N5O2. The van der Waals surface area contributed by atoms with Crippen LogP contribution in [0.5, 0.6) is 0 Å². The topological polar surface area (TPSA) is 82.3 Å². The van der Waals surface area contributed by atoms with Gasteiger partial charge in [-0.3, -0.25) is 0 Å². The Morgan fingerprint density at radius 1 is 1.24 bits per heavy atom. The van der Waals surface area contributed by atoms with Crippen LogP contribution in [0.3, 0.4) is 0 Å². The number of carbonyl (C=O) groups is 1.